The maximum Gasteiger partial charge on any atom is 0.0421 e. The summed E-state index contributed by atoms with van der Waals surface area (Å²) >= 11 is 3.52. The lowest BCUT2D eigenvalue weighted by Gasteiger charge is -2.25. The third-order valence-electron chi connectivity index (χ3n) is 2.37. The highest BCUT2D eigenvalue weighted by Gasteiger charge is 2.16. The van der Waals surface area contributed by atoms with E-state index in [0.717, 1.165) is 11.9 Å². The molecule has 1 aromatic carbocycles. The Hall–Kier alpha value is -0.340. The van der Waals surface area contributed by atoms with Gasteiger partial charge in [-0.1, -0.05) is 40.2 Å². The summed E-state index contributed by atoms with van der Waals surface area (Å²) in [4.78, 5) is 0. The van der Waals surface area contributed by atoms with Gasteiger partial charge in [0, 0.05) is 11.4 Å². The minimum Gasteiger partial charge on any atom is -0.309 e. The summed E-state index contributed by atoms with van der Waals surface area (Å²) in [6, 6.07) is 9.19. The summed E-state index contributed by atoms with van der Waals surface area (Å²) in [5.41, 5.74) is 2.96. The van der Waals surface area contributed by atoms with Crippen LogP contribution in [0.1, 0.15) is 17.2 Å². The Kier molecular flexibility index (Phi) is 2.47. The predicted octanol–water partition coefficient (Wildman–Crippen LogP) is 2.27. The van der Waals surface area contributed by atoms with Gasteiger partial charge in [-0.15, -0.1) is 0 Å². The number of hydrogen-bond donors (Lipinski definition) is 1. The average Bonchev–Trinajstić information content (AvgIpc) is 2.17. The van der Waals surface area contributed by atoms with Crippen molar-refractivity contribution in [3.05, 3.63) is 35.4 Å². The van der Waals surface area contributed by atoms with E-state index in [1.54, 1.807) is 0 Å². The molecule has 2 heteroatoms. The first-order valence-corrected chi connectivity index (χ1v) is 5.41. The molecule has 0 saturated carbocycles. The molecule has 1 N–H and O–H groups in total. The molecule has 0 saturated heterocycles. The zero-order chi connectivity index (χ0) is 8.39. The van der Waals surface area contributed by atoms with Gasteiger partial charge >= 0.3 is 0 Å². The average molecular weight is 226 g/mol. The van der Waals surface area contributed by atoms with E-state index in [0.29, 0.717) is 6.04 Å². The van der Waals surface area contributed by atoms with Crippen LogP contribution in [0.4, 0.5) is 0 Å². The van der Waals surface area contributed by atoms with Gasteiger partial charge < -0.3 is 5.32 Å². The Bertz CT molecular complexity index is 272. The van der Waals surface area contributed by atoms with Crippen LogP contribution in [-0.2, 0) is 6.42 Å². The molecule has 1 atom stereocenters. The van der Waals surface area contributed by atoms with Gasteiger partial charge in [0.2, 0.25) is 0 Å². The molecule has 0 bridgehead atoms. The lowest BCUT2D eigenvalue weighted by Crippen LogP contribution is -2.30. The van der Waals surface area contributed by atoms with Crippen molar-refractivity contribution in [2.75, 3.05) is 11.9 Å². The normalized spacial score (nSPS) is 21.9. The van der Waals surface area contributed by atoms with Gasteiger partial charge in [-0.3, -0.25) is 0 Å². The highest BCUT2D eigenvalue weighted by Crippen LogP contribution is 2.23. The molecule has 64 valence electrons. The van der Waals surface area contributed by atoms with Crippen LogP contribution < -0.4 is 5.32 Å². The summed E-state index contributed by atoms with van der Waals surface area (Å²) in [6.45, 7) is 1.10. The van der Waals surface area contributed by atoms with Crippen molar-refractivity contribution in [2.45, 2.75) is 12.5 Å². The van der Waals surface area contributed by atoms with Crippen LogP contribution in [0.3, 0.4) is 0 Å². The Morgan fingerprint density at radius 2 is 2.25 bits per heavy atom. The highest BCUT2D eigenvalue weighted by molar-refractivity contribution is 9.09. The number of halogens is 1. The molecule has 1 nitrogen and oxygen atoms in total. The zero-order valence-electron chi connectivity index (χ0n) is 6.89. The molecule has 1 aliphatic rings. The standard InChI is InChI=1S/C10H12BrN/c11-7-10-9-4-2-1-3-8(9)5-6-12-10/h1-4,10,12H,5-7H2. The van der Waals surface area contributed by atoms with E-state index in [-0.39, 0.29) is 0 Å². The van der Waals surface area contributed by atoms with Crippen molar-refractivity contribution < 1.29 is 0 Å². The van der Waals surface area contributed by atoms with E-state index in [2.05, 4.69) is 45.5 Å². The van der Waals surface area contributed by atoms with E-state index in [9.17, 15) is 0 Å². The van der Waals surface area contributed by atoms with Crippen LogP contribution >= 0.6 is 15.9 Å². The molecule has 1 heterocycles. The minimum absolute atomic E-state index is 0.509. The lowest BCUT2D eigenvalue weighted by atomic mass is 9.96. The molecule has 0 radical (unpaired) electrons. The van der Waals surface area contributed by atoms with Crippen molar-refractivity contribution in [1.82, 2.24) is 5.32 Å². The van der Waals surface area contributed by atoms with Gasteiger partial charge in [-0.2, -0.15) is 0 Å². The van der Waals surface area contributed by atoms with Gasteiger partial charge in [0.15, 0.2) is 0 Å². The molecule has 0 fully saturated rings. The molecule has 1 aliphatic heterocycles. The van der Waals surface area contributed by atoms with Crippen LogP contribution in [-0.4, -0.2) is 11.9 Å². The molecular formula is C10H12BrN. The van der Waals surface area contributed by atoms with Gasteiger partial charge in [0.05, 0.1) is 0 Å². The van der Waals surface area contributed by atoms with E-state index in [4.69, 9.17) is 0 Å². The first kappa shape index (κ1) is 8.27. The number of hydrogen-bond acceptors (Lipinski definition) is 1. The fourth-order valence-corrected chi connectivity index (χ4v) is 2.31. The molecule has 1 unspecified atom stereocenters. The Morgan fingerprint density at radius 3 is 3.08 bits per heavy atom. The van der Waals surface area contributed by atoms with Crippen LogP contribution in [0.2, 0.25) is 0 Å². The van der Waals surface area contributed by atoms with Crippen LogP contribution in [0, 0.1) is 0 Å². The smallest absolute Gasteiger partial charge is 0.0421 e. The molecule has 1 aromatic rings. The summed E-state index contributed by atoms with van der Waals surface area (Å²) in [7, 11) is 0. The van der Waals surface area contributed by atoms with Crippen molar-refractivity contribution in [2.24, 2.45) is 0 Å². The van der Waals surface area contributed by atoms with E-state index < -0.39 is 0 Å². The number of benzene rings is 1. The monoisotopic (exact) mass is 225 g/mol. The first-order valence-electron chi connectivity index (χ1n) is 4.29. The Labute approximate surface area is 81.3 Å². The fraction of sp³-hybridized carbons (Fsp3) is 0.400. The van der Waals surface area contributed by atoms with Crippen LogP contribution in [0.5, 0.6) is 0 Å². The van der Waals surface area contributed by atoms with E-state index >= 15 is 0 Å². The van der Waals surface area contributed by atoms with Gasteiger partial charge in [0.1, 0.15) is 0 Å². The van der Waals surface area contributed by atoms with Crippen LogP contribution in [0.15, 0.2) is 24.3 Å². The number of alkyl halides is 1. The third-order valence-corrected chi connectivity index (χ3v) is 3.02. The number of nitrogens with one attached hydrogen (secondary N) is 1. The number of rotatable bonds is 1. The van der Waals surface area contributed by atoms with Crippen LogP contribution in [0.25, 0.3) is 0 Å². The van der Waals surface area contributed by atoms with Gasteiger partial charge in [-0.05, 0) is 24.1 Å². The summed E-state index contributed by atoms with van der Waals surface area (Å²) in [6.07, 6.45) is 1.17. The molecular weight excluding hydrogens is 214 g/mol. The van der Waals surface area contributed by atoms with Crippen molar-refractivity contribution in [3.63, 3.8) is 0 Å². The molecule has 12 heavy (non-hydrogen) atoms. The SMILES string of the molecule is BrCC1NCCc2ccccc21. The van der Waals surface area contributed by atoms with Gasteiger partial charge in [0.25, 0.3) is 0 Å². The third kappa shape index (κ3) is 1.41. The molecule has 2 rings (SSSR count). The molecule has 0 amide bonds. The molecule has 0 spiro atoms. The Morgan fingerprint density at radius 1 is 1.42 bits per heavy atom. The van der Waals surface area contributed by atoms with E-state index in [1.807, 2.05) is 0 Å². The topological polar surface area (TPSA) is 12.0 Å². The second-order valence-corrected chi connectivity index (χ2v) is 3.76. The lowest BCUT2D eigenvalue weighted by molar-refractivity contribution is 0.550. The number of fused-ring (bicyclic) bond motifs is 1. The molecule has 0 aliphatic carbocycles. The maximum absolute atomic E-state index is 3.52. The van der Waals surface area contributed by atoms with Crippen molar-refractivity contribution in [1.29, 1.82) is 0 Å². The summed E-state index contributed by atoms with van der Waals surface area (Å²) in [5, 5.41) is 4.48. The highest BCUT2D eigenvalue weighted by atomic mass is 79.9. The largest absolute Gasteiger partial charge is 0.309 e. The summed E-state index contributed by atoms with van der Waals surface area (Å²) < 4.78 is 0. The molecule has 0 aromatic heterocycles. The van der Waals surface area contributed by atoms with Crippen molar-refractivity contribution >= 4 is 15.9 Å². The second-order valence-electron chi connectivity index (χ2n) is 3.11. The Balaban J connectivity index is 2.37. The minimum atomic E-state index is 0.509. The van der Waals surface area contributed by atoms with E-state index in [1.165, 1.54) is 17.5 Å². The zero-order valence-corrected chi connectivity index (χ0v) is 8.47. The predicted molar refractivity (Wildman–Crippen MR) is 54.7 cm³/mol. The maximum atomic E-state index is 3.52. The second kappa shape index (κ2) is 3.58. The summed E-state index contributed by atoms with van der Waals surface area (Å²) in [5.74, 6) is 0. The van der Waals surface area contributed by atoms with Gasteiger partial charge in [-0.25, -0.2) is 0 Å². The quantitative estimate of drug-likeness (QED) is 0.724. The van der Waals surface area contributed by atoms with Crippen molar-refractivity contribution in [3.8, 4) is 0 Å². The fourth-order valence-electron chi connectivity index (χ4n) is 1.73. The first-order chi connectivity index (χ1) is 5.92.